The predicted octanol–water partition coefficient (Wildman–Crippen LogP) is 2.29. The van der Waals surface area contributed by atoms with Crippen molar-refractivity contribution in [2.45, 2.75) is 30.3 Å². The van der Waals surface area contributed by atoms with Crippen LogP contribution in [-0.2, 0) is 23.8 Å². The zero-order valence-electron chi connectivity index (χ0n) is 18.9. The summed E-state index contributed by atoms with van der Waals surface area (Å²) in [4.78, 5) is 37.3. The summed E-state index contributed by atoms with van der Waals surface area (Å²) in [6, 6.07) is 15.0. The molecule has 1 saturated heterocycles. The molecular weight excluding hydrogens is 440 g/mol. The molecule has 180 valence electrons. The highest BCUT2D eigenvalue weighted by Gasteiger charge is 2.45. The van der Waals surface area contributed by atoms with E-state index in [2.05, 4.69) is 10.6 Å². The van der Waals surface area contributed by atoms with Crippen LogP contribution in [0.5, 0.6) is 0 Å². The van der Waals surface area contributed by atoms with Gasteiger partial charge in [0.15, 0.2) is 5.54 Å². The molecule has 2 unspecified atom stereocenters. The number of carboxylic acids is 1. The molecule has 2 amide bonds. The number of carboxylic acid groups (broad SMARTS) is 1. The number of benzene rings is 2. The lowest BCUT2D eigenvalue weighted by Gasteiger charge is -2.27. The molecule has 4 rings (SSSR count). The van der Waals surface area contributed by atoms with Crippen LogP contribution < -0.4 is 10.6 Å². The summed E-state index contributed by atoms with van der Waals surface area (Å²) in [6.45, 7) is 0.398. The van der Waals surface area contributed by atoms with Gasteiger partial charge in [-0.3, -0.25) is 4.79 Å². The molecule has 3 N–H and O–H groups in total. The second-order valence-corrected chi connectivity index (χ2v) is 8.48. The van der Waals surface area contributed by atoms with Gasteiger partial charge in [0, 0.05) is 39.1 Å². The molecule has 0 saturated carbocycles. The third-order valence-corrected chi connectivity index (χ3v) is 6.36. The number of fused-ring (bicyclic) bond motifs is 3. The van der Waals surface area contributed by atoms with E-state index in [0.717, 1.165) is 22.3 Å². The van der Waals surface area contributed by atoms with E-state index in [9.17, 15) is 19.5 Å². The van der Waals surface area contributed by atoms with Gasteiger partial charge in [0.25, 0.3) is 0 Å². The Morgan fingerprint density at radius 1 is 1.12 bits per heavy atom. The maximum absolute atomic E-state index is 12.9. The smallest absolute Gasteiger partial charge is 0.407 e. The Labute approximate surface area is 197 Å². The van der Waals surface area contributed by atoms with Crippen molar-refractivity contribution in [2.75, 3.05) is 33.5 Å². The number of amides is 2. The van der Waals surface area contributed by atoms with Gasteiger partial charge in [-0.1, -0.05) is 48.5 Å². The molecule has 2 aromatic rings. The van der Waals surface area contributed by atoms with Crippen LogP contribution in [0.4, 0.5) is 4.79 Å². The first-order valence-electron chi connectivity index (χ1n) is 11.2. The van der Waals surface area contributed by atoms with Crippen molar-refractivity contribution in [3.63, 3.8) is 0 Å². The van der Waals surface area contributed by atoms with E-state index >= 15 is 0 Å². The van der Waals surface area contributed by atoms with Gasteiger partial charge in [0.1, 0.15) is 12.6 Å². The Balaban J connectivity index is 1.42. The lowest BCUT2D eigenvalue weighted by atomic mass is 9.98. The van der Waals surface area contributed by atoms with E-state index in [1.807, 2.05) is 48.5 Å². The topological polar surface area (TPSA) is 123 Å². The van der Waals surface area contributed by atoms with Crippen molar-refractivity contribution in [3.05, 3.63) is 59.7 Å². The van der Waals surface area contributed by atoms with Crippen molar-refractivity contribution in [1.82, 2.24) is 10.6 Å². The van der Waals surface area contributed by atoms with E-state index in [4.69, 9.17) is 14.2 Å². The molecule has 1 heterocycles. The van der Waals surface area contributed by atoms with Gasteiger partial charge in [-0.15, -0.1) is 0 Å². The molecule has 1 fully saturated rings. The Morgan fingerprint density at radius 2 is 1.76 bits per heavy atom. The molecule has 1 aliphatic carbocycles. The third-order valence-electron chi connectivity index (χ3n) is 6.36. The van der Waals surface area contributed by atoms with Crippen molar-refractivity contribution < 1.29 is 33.7 Å². The summed E-state index contributed by atoms with van der Waals surface area (Å²) in [6.07, 6.45) is -0.454. The summed E-state index contributed by atoms with van der Waals surface area (Å²) >= 11 is 0. The van der Waals surface area contributed by atoms with Crippen molar-refractivity contribution in [1.29, 1.82) is 0 Å². The van der Waals surface area contributed by atoms with Gasteiger partial charge in [-0.05, 0) is 22.3 Å². The van der Waals surface area contributed by atoms with Crippen LogP contribution in [0.2, 0.25) is 0 Å². The minimum Gasteiger partial charge on any atom is -0.479 e. The second-order valence-electron chi connectivity index (χ2n) is 8.48. The van der Waals surface area contributed by atoms with E-state index in [1.54, 1.807) is 0 Å². The predicted molar refractivity (Wildman–Crippen MR) is 122 cm³/mol. The van der Waals surface area contributed by atoms with Crippen LogP contribution in [0.15, 0.2) is 48.5 Å². The normalized spacial score (nSPS) is 19.7. The minimum atomic E-state index is -1.51. The highest BCUT2D eigenvalue weighted by Crippen LogP contribution is 2.44. The average Bonchev–Trinajstić information content (AvgIpc) is 3.44. The van der Waals surface area contributed by atoms with E-state index in [0.29, 0.717) is 0 Å². The quantitative estimate of drug-likeness (QED) is 0.516. The molecule has 1 aliphatic heterocycles. The summed E-state index contributed by atoms with van der Waals surface area (Å²) in [5.74, 6) is -1.92. The molecule has 0 radical (unpaired) electrons. The number of carbonyl (C=O) groups excluding carboxylic acids is 2. The fourth-order valence-electron chi connectivity index (χ4n) is 4.50. The van der Waals surface area contributed by atoms with E-state index in [1.165, 1.54) is 7.11 Å². The molecule has 34 heavy (non-hydrogen) atoms. The SMILES string of the molecule is COCCC(NC(=O)OCC1c2ccccc2-c2ccccc21)C(=O)NC1(C(=O)O)CCOC1. The molecule has 2 aromatic carbocycles. The molecule has 0 aromatic heterocycles. The number of methoxy groups -OCH3 is 1. The van der Waals surface area contributed by atoms with Crippen LogP contribution in [0, 0.1) is 0 Å². The minimum absolute atomic E-state index is 0.103. The summed E-state index contributed by atoms with van der Waals surface area (Å²) in [5.41, 5.74) is 2.87. The number of aliphatic carboxylic acids is 1. The molecule has 9 nitrogen and oxygen atoms in total. The highest BCUT2D eigenvalue weighted by atomic mass is 16.5. The van der Waals surface area contributed by atoms with Crippen LogP contribution in [0.1, 0.15) is 29.9 Å². The van der Waals surface area contributed by atoms with Crippen LogP contribution in [0.25, 0.3) is 11.1 Å². The Bertz CT molecular complexity index is 1020. The lowest BCUT2D eigenvalue weighted by Crippen LogP contribution is -2.60. The largest absolute Gasteiger partial charge is 0.479 e. The first kappa shape index (κ1) is 23.7. The molecule has 9 heteroatoms. The van der Waals surface area contributed by atoms with Crippen LogP contribution in [0.3, 0.4) is 0 Å². The first-order valence-corrected chi connectivity index (χ1v) is 11.2. The van der Waals surface area contributed by atoms with Crippen molar-refractivity contribution in [2.24, 2.45) is 0 Å². The van der Waals surface area contributed by atoms with Gasteiger partial charge in [0.2, 0.25) is 5.91 Å². The summed E-state index contributed by atoms with van der Waals surface area (Å²) in [5, 5.41) is 14.7. The number of hydrogen-bond donors (Lipinski definition) is 3. The van der Waals surface area contributed by atoms with Crippen LogP contribution >= 0.6 is 0 Å². The van der Waals surface area contributed by atoms with Crippen molar-refractivity contribution >= 4 is 18.0 Å². The number of rotatable bonds is 9. The zero-order chi connectivity index (χ0) is 24.1. The zero-order valence-corrected chi connectivity index (χ0v) is 18.9. The monoisotopic (exact) mass is 468 g/mol. The van der Waals surface area contributed by atoms with E-state index in [-0.39, 0.29) is 45.2 Å². The summed E-state index contributed by atoms with van der Waals surface area (Å²) < 4.78 is 15.8. The fraction of sp³-hybridized carbons (Fsp3) is 0.400. The average molecular weight is 469 g/mol. The number of nitrogens with one attached hydrogen (secondary N) is 2. The standard InChI is InChI=1S/C25H28N2O7/c1-32-12-10-21(22(28)27-25(23(29)30)11-13-33-15-25)26-24(31)34-14-20-18-8-4-2-6-16(18)17-7-3-5-9-19(17)20/h2-9,20-21H,10-15H2,1H3,(H,26,31)(H,27,28)(H,29,30). The third kappa shape index (κ3) is 4.76. The first-order chi connectivity index (χ1) is 16.4. The Morgan fingerprint density at radius 3 is 2.32 bits per heavy atom. The fourth-order valence-corrected chi connectivity index (χ4v) is 4.50. The maximum Gasteiger partial charge on any atom is 0.407 e. The van der Waals surface area contributed by atoms with Gasteiger partial charge < -0.3 is 30.0 Å². The Hall–Kier alpha value is -3.43. The summed E-state index contributed by atoms with van der Waals surface area (Å²) in [7, 11) is 1.48. The highest BCUT2D eigenvalue weighted by molar-refractivity contribution is 5.91. The second kappa shape index (κ2) is 10.2. The number of hydrogen-bond acceptors (Lipinski definition) is 6. The molecule has 2 aliphatic rings. The number of alkyl carbamates (subject to hydrolysis) is 1. The lowest BCUT2D eigenvalue weighted by molar-refractivity contribution is -0.148. The molecular formula is C25H28N2O7. The number of ether oxygens (including phenoxy) is 3. The molecule has 0 bridgehead atoms. The van der Waals surface area contributed by atoms with Gasteiger partial charge in [-0.2, -0.15) is 0 Å². The van der Waals surface area contributed by atoms with Crippen LogP contribution in [-0.4, -0.2) is 68.2 Å². The molecule has 2 atom stereocenters. The maximum atomic E-state index is 12.9. The number of carbonyl (C=O) groups is 3. The van der Waals surface area contributed by atoms with Gasteiger partial charge in [-0.25, -0.2) is 9.59 Å². The Kier molecular flexibility index (Phi) is 7.14. The van der Waals surface area contributed by atoms with Gasteiger partial charge >= 0.3 is 12.1 Å². The van der Waals surface area contributed by atoms with E-state index < -0.39 is 29.6 Å². The van der Waals surface area contributed by atoms with Gasteiger partial charge in [0.05, 0.1) is 6.61 Å². The molecule has 0 spiro atoms. The van der Waals surface area contributed by atoms with Crippen molar-refractivity contribution in [3.8, 4) is 11.1 Å².